The third-order valence-corrected chi connectivity index (χ3v) is 3.68. The van der Waals surface area contributed by atoms with Crippen molar-refractivity contribution in [1.82, 2.24) is 15.0 Å². The quantitative estimate of drug-likeness (QED) is 0.908. The molecule has 1 saturated heterocycles. The maximum absolute atomic E-state index is 14.0. The first kappa shape index (κ1) is 15.6. The Balaban J connectivity index is 1.67. The van der Waals surface area contributed by atoms with Gasteiger partial charge in [0.2, 0.25) is 5.95 Å². The van der Waals surface area contributed by atoms with E-state index < -0.39 is 5.82 Å². The molecular formula is C16H20FN5O. The van der Waals surface area contributed by atoms with E-state index in [0.717, 1.165) is 12.0 Å². The normalized spacial score (nSPS) is 16.2. The zero-order valence-corrected chi connectivity index (χ0v) is 13.1. The second kappa shape index (κ2) is 7.32. The van der Waals surface area contributed by atoms with E-state index in [1.54, 1.807) is 6.20 Å². The van der Waals surface area contributed by atoms with E-state index >= 15 is 0 Å². The van der Waals surface area contributed by atoms with Gasteiger partial charge in [-0.1, -0.05) is 6.07 Å². The van der Waals surface area contributed by atoms with Crippen LogP contribution in [0.15, 0.2) is 30.7 Å². The van der Waals surface area contributed by atoms with Crippen molar-refractivity contribution in [1.29, 1.82) is 0 Å². The fraction of sp³-hybridized carbons (Fsp3) is 0.438. The van der Waals surface area contributed by atoms with E-state index in [1.807, 2.05) is 30.2 Å². The molecule has 23 heavy (non-hydrogen) atoms. The van der Waals surface area contributed by atoms with Crippen LogP contribution in [0.3, 0.4) is 0 Å². The van der Waals surface area contributed by atoms with Crippen molar-refractivity contribution in [3.05, 3.63) is 42.1 Å². The summed E-state index contributed by atoms with van der Waals surface area (Å²) in [6.45, 7) is 4.48. The summed E-state index contributed by atoms with van der Waals surface area (Å²) < 4.78 is 19.3. The van der Waals surface area contributed by atoms with Crippen LogP contribution in [0.1, 0.15) is 12.5 Å². The Labute approximate surface area is 134 Å². The molecule has 0 aromatic carbocycles. The lowest BCUT2D eigenvalue weighted by Gasteiger charge is -2.28. The lowest BCUT2D eigenvalue weighted by atomic mass is 10.1. The number of nitrogens with zero attached hydrogens (tertiary/aromatic N) is 4. The number of nitrogens with one attached hydrogen (secondary N) is 1. The van der Waals surface area contributed by atoms with Gasteiger partial charge in [0, 0.05) is 31.5 Å². The van der Waals surface area contributed by atoms with Crippen LogP contribution >= 0.6 is 0 Å². The highest BCUT2D eigenvalue weighted by molar-refractivity contribution is 5.44. The molecule has 0 saturated carbocycles. The molecule has 7 heteroatoms. The van der Waals surface area contributed by atoms with Crippen LogP contribution in [-0.4, -0.2) is 47.3 Å². The largest absolute Gasteiger partial charge is 0.378 e. The van der Waals surface area contributed by atoms with E-state index in [2.05, 4.69) is 20.3 Å². The summed E-state index contributed by atoms with van der Waals surface area (Å²) in [5.41, 5.74) is 1.13. The van der Waals surface area contributed by atoms with Crippen molar-refractivity contribution in [2.24, 2.45) is 0 Å². The molecule has 1 fully saturated rings. The zero-order chi connectivity index (χ0) is 16.1. The Hall–Kier alpha value is -2.28. The number of rotatable bonds is 5. The van der Waals surface area contributed by atoms with Crippen molar-refractivity contribution in [2.75, 3.05) is 36.5 Å². The van der Waals surface area contributed by atoms with Crippen LogP contribution < -0.4 is 10.2 Å². The van der Waals surface area contributed by atoms with Crippen LogP contribution in [0.5, 0.6) is 0 Å². The molecule has 0 radical (unpaired) electrons. The summed E-state index contributed by atoms with van der Waals surface area (Å²) in [5.74, 6) is 0.362. The van der Waals surface area contributed by atoms with Gasteiger partial charge in [-0.2, -0.15) is 4.98 Å². The summed E-state index contributed by atoms with van der Waals surface area (Å²) in [5, 5.41) is 3.22. The second-order valence-electron chi connectivity index (χ2n) is 5.58. The minimum Gasteiger partial charge on any atom is -0.378 e. The Morgan fingerprint density at radius 1 is 1.35 bits per heavy atom. The van der Waals surface area contributed by atoms with Crippen molar-refractivity contribution in [2.45, 2.75) is 19.4 Å². The Morgan fingerprint density at radius 3 is 2.91 bits per heavy atom. The van der Waals surface area contributed by atoms with E-state index in [-0.39, 0.29) is 6.04 Å². The number of hydrogen-bond donors (Lipinski definition) is 1. The zero-order valence-electron chi connectivity index (χ0n) is 13.1. The first-order valence-electron chi connectivity index (χ1n) is 7.73. The molecule has 6 nitrogen and oxygen atoms in total. The summed E-state index contributed by atoms with van der Waals surface area (Å²) >= 11 is 0. The lowest BCUT2D eigenvalue weighted by molar-refractivity contribution is 0.122. The number of morpholine rings is 1. The average Bonchev–Trinajstić information content (AvgIpc) is 2.58. The van der Waals surface area contributed by atoms with Crippen molar-refractivity contribution >= 4 is 11.8 Å². The molecule has 0 unspecified atom stereocenters. The highest BCUT2D eigenvalue weighted by atomic mass is 19.1. The maximum atomic E-state index is 14.0. The number of pyridine rings is 1. The van der Waals surface area contributed by atoms with Crippen LogP contribution in [0.4, 0.5) is 16.2 Å². The summed E-state index contributed by atoms with van der Waals surface area (Å²) in [7, 11) is 0. The predicted molar refractivity (Wildman–Crippen MR) is 86.0 cm³/mol. The van der Waals surface area contributed by atoms with Gasteiger partial charge in [-0.3, -0.25) is 4.98 Å². The Morgan fingerprint density at radius 2 is 2.17 bits per heavy atom. The lowest BCUT2D eigenvalue weighted by Crippen LogP contribution is -2.37. The Bertz CT molecular complexity index is 634. The highest BCUT2D eigenvalue weighted by Crippen LogP contribution is 2.19. The predicted octanol–water partition coefficient (Wildman–Crippen LogP) is 1.89. The minimum atomic E-state index is -0.405. The van der Waals surface area contributed by atoms with Crippen LogP contribution in [0, 0.1) is 5.82 Å². The first-order chi connectivity index (χ1) is 11.2. The second-order valence-corrected chi connectivity index (χ2v) is 5.58. The third-order valence-electron chi connectivity index (χ3n) is 3.68. The molecule has 0 aliphatic carbocycles. The van der Waals surface area contributed by atoms with E-state index in [1.165, 1.54) is 6.20 Å². The first-order valence-corrected chi connectivity index (χ1v) is 7.73. The van der Waals surface area contributed by atoms with E-state index in [9.17, 15) is 4.39 Å². The molecule has 1 aliphatic heterocycles. The summed E-state index contributed by atoms with van der Waals surface area (Å²) in [4.78, 5) is 14.4. The summed E-state index contributed by atoms with van der Waals surface area (Å²) in [6, 6.07) is 4.05. The molecule has 122 valence electrons. The van der Waals surface area contributed by atoms with Gasteiger partial charge in [0.25, 0.3) is 0 Å². The molecule has 2 aromatic heterocycles. The SMILES string of the molecule is C[C@H](Cc1cccnc1)Nc1ncc(F)c(N2CCOCC2)n1. The minimum absolute atomic E-state index is 0.113. The summed E-state index contributed by atoms with van der Waals surface area (Å²) in [6.07, 6.45) is 5.60. The van der Waals surface area contributed by atoms with E-state index in [0.29, 0.717) is 38.1 Å². The molecule has 0 amide bonds. The average molecular weight is 317 g/mol. The van der Waals surface area contributed by atoms with Crippen molar-refractivity contribution in [3.63, 3.8) is 0 Å². The van der Waals surface area contributed by atoms with Crippen LogP contribution in [0.2, 0.25) is 0 Å². The third kappa shape index (κ3) is 4.13. The topological polar surface area (TPSA) is 63.2 Å². The number of ether oxygens (including phenoxy) is 1. The molecule has 1 aliphatic rings. The molecule has 2 aromatic rings. The monoisotopic (exact) mass is 317 g/mol. The molecule has 3 rings (SSSR count). The number of halogens is 1. The van der Waals surface area contributed by atoms with Crippen molar-refractivity contribution < 1.29 is 9.13 Å². The van der Waals surface area contributed by atoms with Crippen LogP contribution in [-0.2, 0) is 11.2 Å². The molecule has 1 atom stereocenters. The number of aromatic nitrogens is 3. The van der Waals surface area contributed by atoms with Crippen molar-refractivity contribution in [3.8, 4) is 0 Å². The fourth-order valence-electron chi connectivity index (χ4n) is 2.57. The van der Waals surface area contributed by atoms with Gasteiger partial charge >= 0.3 is 0 Å². The molecule has 0 bridgehead atoms. The van der Waals surface area contributed by atoms with Gasteiger partial charge in [-0.15, -0.1) is 0 Å². The molecule has 1 N–H and O–H groups in total. The van der Waals surface area contributed by atoms with E-state index in [4.69, 9.17) is 4.74 Å². The Kier molecular flexibility index (Phi) is 4.97. The van der Waals surface area contributed by atoms with Gasteiger partial charge in [-0.05, 0) is 25.0 Å². The number of hydrogen-bond acceptors (Lipinski definition) is 6. The standard InChI is InChI=1S/C16H20FN5O/c1-12(9-13-3-2-4-18-10-13)20-16-19-11-14(17)15(21-16)22-5-7-23-8-6-22/h2-4,10-12H,5-9H2,1H3,(H,19,20,21)/t12-/m1/s1. The fourth-order valence-corrected chi connectivity index (χ4v) is 2.57. The van der Waals surface area contributed by atoms with Gasteiger partial charge < -0.3 is 15.0 Å². The van der Waals surface area contributed by atoms with Gasteiger partial charge in [0.1, 0.15) is 0 Å². The van der Waals surface area contributed by atoms with Gasteiger partial charge in [0.15, 0.2) is 11.6 Å². The molecule has 0 spiro atoms. The maximum Gasteiger partial charge on any atom is 0.225 e. The van der Waals surface area contributed by atoms with Gasteiger partial charge in [-0.25, -0.2) is 9.37 Å². The molecular weight excluding hydrogens is 297 g/mol. The van der Waals surface area contributed by atoms with Crippen LogP contribution in [0.25, 0.3) is 0 Å². The van der Waals surface area contributed by atoms with Gasteiger partial charge in [0.05, 0.1) is 19.4 Å². The smallest absolute Gasteiger partial charge is 0.225 e. The molecule has 3 heterocycles. The number of anilines is 2. The highest BCUT2D eigenvalue weighted by Gasteiger charge is 2.18.